The van der Waals surface area contributed by atoms with Crippen LogP contribution in [0.3, 0.4) is 0 Å². The molecule has 0 atom stereocenters. The number of hydrogen-bond donors (Lipinski definition) is 1. The van der Waals surface area contributed by atoms with E-state index in [2.05, 4.69) is 10.3 Å². The molecule has 0 spiro atoms. The van der Waals surface area contributed by atoms with E-state index in [4.69, 9.17) is 0 Å². The van der Waals surface area contributed by atoms with Gasteiger partial charge in [-0.3, -0.25) is 9.78 Å². The Balaban J connectivity index is 2.35. The molecule has 0 saturated carbocycles. The lowest BCUT2D eigenvalue weighted by atomic mass is 10.3. The van der Waals surface area contributed by atoms with Gasteiger partial charge in [0.2, 0.25) is 5.91 Å². The lowest BCUT2D eigenvalue weighted by Gasteiger charge is -2.18. The minimum absolute atomic E-state index is 0.202. The first-order valence-electron chi connectivity index (χ1n) is 6.11. The third kappa shape index (κ3) is 4.43. The van der Waals surface area contributed by atoms with E-state index in [1.54, 1.807) is 6.20 Å². The normalized spacial score (nSPS) is 10.1. The van der Waals surface area contributed by atoms with Gasteiger partial charge >= 0.3 is 0 Å². The molecule has 94 valence electrons. The Morgan fingerprint density at radius 1 is 1.41 bits per heavy atom. The number of hydrogen-bond acceptors (Lipinski definition) is 3. The van der Waals surface area contributed by atoms with E-state index < -0.39 is 0 Å². The summed E-state index contributed by atoms with van der Waals surface area (Å²) in [6.45, 7) is 8.18. The van der Waals surface area contributed by atoms with E-state index in [0.29, 0.717) is 13.0 Å². The fourth-order valence-electron chi connectivity index (χ4n) is 1.70. The molecule has 0 saturated heterocycles. The third-order valence-corrected chi connectivity index (χ3v) is 2.68. The summed E-state index contributed by atoms with van der Waals surface area (Å²) in [6, 6.07) is 3.89. The highest BCUT2D eigenvalue weighted by Gasteiger charge is 2.08. The van der Waals surface area contributed by atoms with Crippen molar-refractivity contribution in [3.63, 3.8) is 0 Å². The van der Waals surface area contributed by atoms with Gasteiger partial charge in [0.15, 0.2) is 0 Å². The number of rotatable bonds is 6. The first-order valence-corrected chi connectivity index (χ1v) is 6.11. The molecule has 0 aliphatic carbocycles. The molecule has 0 aliphatic heterocycles. The van der Waals surface area contributed by atoms with Gasteiger partial charge in [-0.15, -0.1) is 0 Å². The van der Waals surface area contributed by atoms with Crippen molar-refractivity contribution in [2.75, 3.05) is 25.0 Å². The maximum absolute atomic E-state index is 11.7. The molecular formula is C13H21N3O. The van der Waals surface area contributed by atoms with E-state index in [1.807, 2.05) is 37.8 Å². The summed E-state index contributed by atoms with van der Waals surface area (Å²) in [5, 5.41) is 3.23. The molecular weight excluding hydrogens is 214 g/mol. The predicted molar refractivity (Wildman–Crippen MR) is 70.0 cm³/mol. The number of nitrogens with one attached hydrogen (secondary N) is 1. The van der Waals surface area contributed by atoms with E-state index in [-0.39, 0.29) is 5.91 Å². The molecule has 4 heteroatoms. The van der Waals surface area contributed by atoms with Crippen LogP contribution in [0.2, 0.25) is 0 Å². The summed E-state index contributed by atoms with van der Waals surface area (Å²) in [5.41, 5.74) is 2.00. The zero-order valence-corrected chi connectivity index (χ0v) is 10.9. The highest BCUT2D eigenvalue weighted by Crippen LogP contribution is 2.07. The number of amides is 1. The smallest absolute Gasteiger partial charge is 0.224 e. The summed E-state index contributed by atoms with van der Waals surface area (Å²) < 4.78 is 0. The van der Waals surface area contributed by atoms with Crippen molar-refractivity contribution in [3.8, 4) is 0 Å². The van der Waals surface area contributed by atoms with Gasteiger partial charge in [0, 0.05) is 43.6 Å². The van der Waals surface area contributed by atoms with Crippen molar-refractivity contribution in [1.29, 1.82) is 0 Å². The van der Waals surface area contributed by atoms with Gasteiger partial charge < -0.3 is 10.2 Å². The zero-order chi connectivity index (χ0) is 12.7. The Kier molecular flexibility index (Phi) is 5.46. The number of aromatic nitrogens is 1. The molecule has 4 nitrogen and oxygen atoms in total. The molecule has 1 aromatic rings. The van der Waals surface area contributed by atoms with Crippen LogP contribution in [0.5, 0.6) is 0 Å². The molecule has 1 N–H and O–H groups in total. The Morgan fingerprint density at radius 3 is 2.71 bits per heavy atom. The maximum atomic E-state index is 11.7. The van der Waals surface area contributed by atoms with Crippen LogP contribution in [0.4, 0.5) is 5.69 Å². The first-order chi connectivity index (χ1) is 8.17. The molecule has 0 radical (unpaired) electrons. The summed E-state index contributed by atoms with van der Waals surface area (Å²) in [7, 11) is 0. The summed E-state index contributed by atoms with van der Waals surface area (Å²) in [4.78, 5) is 17.7. The molecule has 1 heterocycles. The second-order valence-electron chi connectivity index (χ2n) is 3.93. The van der Waals surface area contributed by atoms with Crippen LogP contribution >= 0.6 is 0 Å². The second kappa shape index (κ2) is 6.89. The molecule has 17 heavy (non-hydrogen) atoms. The standard InChI is InChI=1S/C13H21N3O/c1-4-16(5-2)13(17)7-9-15-12-6-8-14-11(3)10-12/h6,8,10H,4-5,7,9H2,1-3H3,(H,14,15). The molecule has 0 aromatic carbocycles. The van der Waals surface area contributed by atoms with Crippen LogP contribution < -0.4 is 5.32 Å². The predicted octanol–water partition coefficient (Wildman–Crippen LogP) is 2.06. The number of pyridine rings is 1. The van der Waals surface area contributed by atoms with Crippen LogP contribution in [0.1, 0.15) is 26.0 Å². The number of carbonyl (C=O) groups is 1. The Hall–Kier alpha value is -1.58. The first kappa shape index (κ1) is 13.5. The van der Waals surface area contributed by atoms with Crippen molar-refractivity contribution in [1.82, 2.24) is 9.88 Å². The van der Waals surface area contributed by atoms with Crippen molar-refractivity contribution < 1.29 is 4.79 Å². The average molecular weight is 235 g/mol. The Labute approximate surface area is 103 Å². The molecule has 1 amide bonds. The molecule has 0 bridgehead atoms. The maximum Gasteiger partial charge on any atom is 0.224 e. The largest absolute Gasteiger partial charge is 0.384 e. The van der Waals surface area contributed by atoms with Gasteiger partial charge in [-0.1, -0.05) is 0 Å². The number of nitrogens with zero attached hydrogens (tertiary/aromatic N) is 2. The SMILES string of the molecule is CCN(CC)C(=O)CCNc1ccnc(C)c1. The second-order valence-corrected chi connectivity index (χ2v) is 3.93. The van der Waals surface area contributed by atoms with Crippen molar-refractivity contribution in [3.05, 3.63) is 24.0 Å². The van der Waals surface area contributed by atoms with Crippen LogP contribution in [0, 0.1) is 6.92 Å². The van der Waals surface area contributed by atoms with Gasteiger partial charge in [-0.05, 0) is 32.9 Å². The Morgan fingerprint density at radius 2 is 2.12 bits per heavy atom. The summed E-state index contributed by atoms with van der Waals surface area (Å²) >= 11 is 0. The molecule has 0 fully saturated rings. The van der Waals surface area contributed by atoms with Crippen molar-refractivity contribution >= 4 is 11.6 Å². The van der Waals surface area contributed by atoms with Gasteiger partial charge in [0.1, 0.15) is 0 Å². The van der Waals surface area contributed by atoms with Crippen molar-refractivity contribution in [2.45, 2.75) is 27.2 Å². The van der Waals surface area contributed by atoms with E-state index in [1.165, 1.54) is 0 Å². The molecule has 1 rings (SSSR count). The monoisotopic (exact) mass is 235 g/mol. The van der Waals surface area contributed by atoms with E-state index in [9.17, 15) is 4.79 Å². The fourth-order valence-corrected chi connectivity index (χ4v) is 1.70. The third-order valence-electron chi connectivity index (χ3n) is 2.68. The van der Waals surface area contributed by atoms with Gasteiger partial charge in [0.25, 0.3) is 0 Å². The minimum atomic E-state index is 0.202. The lowest BCUT2D eigenvalue weighted by molar-refractivity contribution is -0.130. The molecule has 0 aliphatic rings. The van der Waals surface area contributed by atoms with Crippen molar-refractivity contribution in [2.24, 2.45) is 0 Å². The fraction of sp³-hybridized carbons (Fsp3) is 0.538. The van der Waals surface area contributed by atoms with Crippen LogP contribution in [-0.2, 0) is 4.79 Å². The molecule has 1 aromatic heterocycles. The van der Waals surface area contributed by atoms with Crippen LogP contribution in [-0.4, -0.2) is 35.4 Å². The highest BCUT2D eigenvalue weighted by atomic mass is 16.2. The number of anilines is 1. The van der Waals surface area contributed by atoms with Gasteiger partial charge in [-0.25, -0.2) is 0 Å². The quantitative estimate of drug-likeness (QED) is 0.821. The summed E-state index contributed by atoms with van der Waals surface area (Å²) in [5.74, 6) is 0.202. The highest BCUT2D eigenvalue weighted by molar-refractivity contribution is 5.76. The van der Waals surface area contributed by atoms with E-state index in [0.717, 1.165) is 24.5 Å². The average Bonchev–Trinajstić information content (AvgIpc) is 2.30. The van der Waals surface area contributed by atoms with Crippen LogP contribution in [0.15, 0.2) is 18.3 Å². The zero-order valence-electron chi connectivity index (χ0n) is 10.9. The van der Waals surface area contributed by atoms with Crippen LogP contribution in [0.25, 0.3) is 0 Å². The molecule has 0 unspecified atom stereocenters. The summed E-state index contributed by atoms with van der Waals surface area (Å²) in [6.07, 6.45) is 2.30. The minimum Gasteiger partial charge on any atom is -0.384 e. The van der Waals surface area contributed by atoms with Gasteiger partial charge in [-0.2, -0.15) is 0 Å². The Bertz CT molecular complexity index is 361. The number of aryl methyl sites for hydroxylation is 1. The van der Waals surface area contributed by atoms with Gasteiger partial charge in [0.05, 0.1) is 0 Å². The topological polar surface area (TPSA) is 45.2 Å². The van der Waals surface area contributed by atoms with E-state index >= 15 is 0 Å². The lowest BCUT2D eigenvalue weighted by Crippen LogP contribution is -2.31. The number of carbonyl (C=O) groups excluding carboxylic acids is 1.